The zero-order valence-corrected chi connectivity index (χ0v) is 13.5. The highest BCUT2D eigenvalue weighted by Crippen LogP contribution is 2.30. The lowest BCUT2D eigenvalue weighted by atomic mass is 9.83. The van der Waals surface area contributed by atoms with Crippen molar-refractivity contribution < 1.29 is 4.74 Å². The van der Waals surface area contributed by atoms with Gasteiger partial charge in [-0.2, -0.15) is 0 Å². The predicted octanol–water partition coefficient (Wildman–Crippen LogP) is 2.70. The lowest BCUT2D eigenvalue weighted by molar-refractivity contribution is 0.0594. The highest BCUT2D eigenvalue weighted by molar-refractivity contribution is 5.15. The standard InChI is InChI=1S/C18H29N3O/c1-2-11-21-12-4-6-16(18(21)8-1)14-19-10-5-13-22-17-7-3-9-20-15-17/h3,7,9,15-16,18-19H,1-2,4-6,8,10-14H2/t16-,18+/m0/s1. The molecule has 0 bridgehead atoms. The third kappa shape index (κ3) is 4.43. The number of nitrogens with one attached hydrogen (secondary N) is 1. The van der Waals surface area contributed by atoms with Gasteiger partial charge in [-0.15, -0.1) is 0 Å². The van der Waals surface area contributed by atoms with Crippen LogP contribution in [0.4, 0.5) is 0 Å². The molecule has 0 amide bonds. The van der Waals surface area contributed by atoms with E-state index < -0.39 is 0 Å². The van der Waals surface area contributed by atoms with Gasteiger partial charge in [-0.25, -0.2) is 0 Å². The van der Waals surface area contributed by atoms with Gasteiger partial charge in [0.15, 0.2) is 0 Å². The van der Waals surface area contributed by atoms with Crippen molar-refractivity contribution >= 4 is 0 Å². The molecule has 0 radical (unpaired) electrons. The maximum atomic E-state index is 5.67. The SMILES string of the molecule is c1cncc(OCCCNC[C@@H]2CCCN3CCCC[C@H]23)c1. The molecule has 22 heavy (non-hydrogen) atoms. The van der Waals surface area contributed by atoms with Crippen LogP contribution in [0.2, 0.25) is 0 Å². The van der Waals surface area contributed by atoms with E-state index in [4.69, 9.17) is 4.74 Å². The van der Waals surface area contributed by atoms with Crippen molar-refractivity contribution in [2.24, 2.45) is 5.92 Å². The van der Waals surface area contributed by atoms with Gasteiger partial charge in [0.2, 0.25) is 0 Å². The van der Waals surface area contributed by atoms with Crippen LogP contribution in [0.3, 0.4) is 0 Å². The number of fused-ring (bicyclic) bond motifs is 1. The number of nitrogens with zero attached hydrogens (tertiary/aromatic N) is 2. The first-order valence-electron chi connectivity index (χ1n) is 8.91. The molecule has 0 saturated carbocycles. The number of piperidine rings is 2. The smallest absolute Gasteiger partial charge is 0.137 e. The van der Waals surface area contributed by atoms with Gasteiger partial charge in [0.25, 0.3) is 0 Å². The number of ether oxygens (including phenoxy) is 1. The molecule has 0 aliphatic carbocycles. The maximum Gasteiger partial charge on any atom is 0.137 e. The van der Waals surface area contributed by atoms with E-state index in [1.165, 1.54) is 51.7 Å². The normalized spacial score (nSPS) is 25.6. The Morgan fingerprint density at radius 1 is 1.23 bits per heavy atom. The molecule has 4 nitrogen and oxygen atoms in total. The second kappa shape index (κ2) is 8.49. The first-order valence-corrected chi connectivity index (χ1v) is 8.91. The second-order valence-electron chi connectivity index (χ2n) is 6.60. The lowest BCUT2D eigenvalue weighted by Gasteiger charge is -2.44. The van der Waals surface area contributed by atoms with E-state index in [2.05, 4.69) is 15.2 Å². The fourth-order valence-electron chi connectivity index (χ4n) is 3.92. The van der Waals surface area contributed by atoms with E-state index in [1.54, 1.807) is 12.4 Å². The molecule has 3 heterocycles. The van der Waals surface area contributed by atoms with Crippen molar-refractivity contribution in [1.29, 1.82) is 0 Å². The van der Waals surface area contributed by atoms with E-state index in [0.717, 1.165) is 37.3 Å². The third-order valence-corrected chi connectivity index (χ3v) is 5.04. The van der Waals surface area contributed by atoms with Crippen LogP contribution in [0.25, 0.3) is 0 Å². The molecule has 1 aromatic heterocycles. The highest BCUT2D eigenvalue weighted by atomic mass is 16.5. The number of hydrogen-bond acceptors (Lipinski definition) is 4. The molecule has 122 valence electrons. The summed E-state index contributed by atoms with van der Waals surface area (Å²) in [4.78, 5) is 6.79. The largest absolute Gasteiger partial charge is 0.492 e. The van der Waals surface area contributed by atoms with Crippen molar-refractivity contribution in [2.75, 3.05) is 32.8 Å². The third-order valence-electron chi connectivity index (χ3n) is 5.04. The molecular formula is C18H29N3O. The number of pyridine rings is 1. The Balaban J connectivity index is 1.29. The molecule has 1 N–H and O–H groups in total. The summed E-state index contributed by atoms with van der Waals surface area (Å²) in [7, 11) is 0. The Bertz CT molecular complexity index is 424. The Morgan fingerprint density at radius 3 is 3.09 bits per heavy atom. The summed E-state index contributed by atoms with van der Waals surface area (Å²) in [6, 6.07) is 4.72. The van der Waals surface area contributed by atoms with E-state index in [9.17, 15) is 0 Å². The Hall–Kier alpha value is -1.13. The van der Waals surface area contributed by atoms with Gasteiger partial charge in [-0.1, -0.05) is 6.42 Å². The molecule has 2 saturated heterocycles. The molecule has 0 unspecified atom stereocenters. The molecule has 3 rings (SSSR count). The Morgan fingerprint density at radius 2 is 2.18 bits per heavy atom. The first-order chi connectivity index (χ1) is 10.9. The van der Waals surface area contributed by atoms with Crippen LogP contribution in [-0.2, 0) is 0 Å². The molecule has 0 aromatic carbocycles. The van der Waals surface area contributed by atoms with Crippen LogP contribution in [0.1, 0.15) is 38.5 Å². The van der Waals surface area contributed by atoms with Crippen molar-refractivity contribution in [3.05, 3.63) is 24.5 Å². The van der Waals surface area contributed by atoms with Gasteiger partial charge in [0, 0.05) is 12.2 Å². The summed E-state index contributed by atoms with van der Waals surface area (Å²) in [6.45, 7) is 5.65. The fraction of sp³-hybridized carbons (Fsp3) is 0.722. The second-order valence-corrected chi connectivity index (χ2v) is 6.60. The zero-order chi connectivity index (χ0) is 15.0. The lowest BCUT2D eigenvalue weighted by Crippen LogP contribution is -2.50. The zero-order valence-electron chi connectivity index (χ0n) is 13.5. The van der Waals surface area contributed by atoms with E-state index >= 15 is 0 Å². The molecule has 1 aromatic rings. The van der Waals surface area contributed by atoms with Crippen LogP contribution in [0.5, 0.6) is 5.75 Å². The molecule has 2 fully saturated rings. The number of rotatable bonds is 7. The highest BCUT2D eigenvalue weighted by Gasteiger charge is 2.32. The molecular weight excluding hydrogens is 274 g/mol. The van der Waals surface area contributed by atoms with Crippen molar-refractivity contribution in [3.63, 3.8) is 0 Å². The summed E-state index contributed by atoms with van der Waals surface area (Å²) < 4.78 is 5.67. The summed E-state index contributed by atoms with van der Waals surface area (Å²) >= 11 is 0. The molecule has 2 aliphatic rings. The fourth-order valence-corrected chi connectivity index (χ4v) is 3.92. The van der Waals surface area contributed by atoms with E-state index in [1.807, 2.05) is 12.1 Å². The minimum absolute atomic E-state index is 0.763. The summed E-state index contributed by atoms with van der Waals surface area (Å²) in [5.41, 5.74) is 0. The van der Waals surface area contributed by atoms with Gasteiger partial charge in [-0.05, 0) is 76.3 Å². The van der Waals surface area contributed by atoms with Gasteiger partial charge < -0.3 is 15.0 Å². The monoisotopic (exact) mass is 303 g/mol. The predicted molar refractivity (Wildman–Crippen MR) is 89.2 cm³/mol. The van der Waals surface area contributed by atoms with Gasteiger partial charge >= 0.3 is 0 Å². The van der Waals surface area contributed by atoms with E-state index in [0.29, 0.717) is 0 Å². The average molecular weight is 303 g/mol. The molecule has 4 heteroatoms. The van der Waals surface area contributed by atoms with Gasteiger partial charge in [-0.3, -0.25) is 4.98 Å². The molecule has 2 aliphatic heterocycles. The first kappa shape index (κ1) is 15.8. The van der Waals surface area contributed by atoms with Crippen molar-refractivity contribution in [1.82, 2.24) is 15.2 Å². The van der Waals surface area contributed by atoms with Gasteiger partial charge in [0.05, 0.1) is 12.8 Å². The molecule has 2 atom stereocenters. The maximum absolute atomic E-state index is 5.67. The van der Waals surface area contributed by atoms with Crippen molar-refractivity contribution in [2.45, 2.75) is 44.6 Å². The summed E-state index contributed by atoms with van der Waals surface area (Å²) in [6.07, 6.45) is 11.6. The van der Waals surface area contributed by atoms with E-state index in [-0.39, 0.29) is 0 Å². The summed E-state index contributed by atoms with van der Waals surface area (Å²) in [5, 5.41) is 3.65. The minimum Gasteiger partial charge on any atom is -0.492 e. The quantitative estimate of drug-likeness (QED) is 0.786. The molecule has 0 spiro atoms. The van der Waals surface area contributed by atoms with Crippen LogP contribution >= 0.6 is 0 Å². The Labute approximate surface area is 134 Å². The van der Waals surface area contributed by atoms with Crippen LogP contribution < -0.4 is 10.1 Å². The minimum atomic E-state index is 0.763. The summed E-state index contributed by atoms with van der Waals surface area (Å²) in [5.74, 6) is 1.72. The number of aromatic nitrogens is 1. The Kier molecular flexibility index (Phi) is 6.08. The van der Waals surface area contributed by atoms with Crippen LogP contribution in [-0.4, -0.2) is 48.7 Å². The van der Waals surface area contributed by atoms with Crippen molar-refractivity contribution in [3.8, 4) is 5.75 Å². The van der Waals surface area contributed by atoms with Gasteiger partial charge in [0.1, 0.15) is 5.75 Å². The average Bonchev–Trinajstić information content (AvgIpc) is 2.59. The van der Waals surface area contributed by atoms with Crippen LogP contribution in [0.15, 0.2) is 24.5 Å². The van der Waals surface area contributed by atoms with Crippen LogP contribution in [0, 0.1) is 5.92 Å². The topological polar surface area (TPSA) is 37.4 Å². The number of hydrogen-bond donors (Lipinski definition) is 1.